The number of hydrogen-bond donors (Lipinski definition) is 3. The number of carbonyl (C=O) groups is 3. The third-order valence-electron chi connectivity index (χ3n) is 4.83. The molecule has 11 heteroatoms. The first-order valence-electron chi connectivity index (χ1n) is 9.64. The number of rotatable bonds is 9. The lowest BCUT2D eigenvalue weighted by Crippen LogP contribution is -2.62. The van der Waals surface area contributed by atoms with Crippen LogP contribution in [0.3, 0.4) is 0 Å². The van der Waals surface area contributed by atoms with Crippen molar-refractivity contribution in [3.8, 4) is 5.75 Å². The molecule has 1 aromatic heterocycles. The normalized spacial score (nSPS) is 17.5. The molecular weight excluding hydrogens is 422 g/mol. The minimum atomic E-state index is -1.09. The number of nitrogens with one attached hydrogen (secondary N) is 1. The highest BCUT2D eigenvalue weighted by Crippen LogP contribution is 2.31. The van der Waals surface area contributed by atoms with Crippen LogP contribution in [-0.2, 0) is 14.4 Å². The number of hydrogen-bond acceptors (Lipinski definition) is 7. The molecule has 0 saturated carbocycles. The third-order valence-corrected chi connectivity index (χ3v) is 5.71. The molecule has 0 spiro atoms. The number of thiazole rings is 1. The third kappa shape index (κ3) is 5.00. The Bertz CT molecular complexity index is 963. The van der Waals surface area contributed by atoms with Crippen LogP contribution in [-0.4, -0.2) is 62.8 Å². The van der Waals surface area contributed by atoms with Crippen LogP contribution in [0.2, 0.25) is 0 Å². The number of nitrogens with two attached hydrogens (primary N) is 1. The number of benzene rings is 1. The van der Waals surface area contributed by atoms with E-state index in [0.717, 1.165) is 0 Å². The van der Waals surface area contributed by atoms with E-state index in [-0.39, 0.29) is 18.8 Å². The Morgan fingerprint density at radius 2 is 2.06 bits per heavy atom. The molecule has 2 amide bonds. The smallest absolute Gasteiger partial charge is 0.315 e. The van der Waals surface area contributed by atoms with Crippen molar-refractivity contribution in [2.24, 2.45) is 5.73 Å². The molecule has 1 aliphatic rings. The number of amidine groups is 1. The van der Waals surface area contributed by atoms with E-state index in [2.05, 4.69) is 4.98 Å². The molecule has 2 heterocycles. The van der Waals surface area contributed by atoms with E-state index < -0.39 is 30.1 Å². The molecule has 31 heavy (non-hydrogen) atoms. The monoisotopic (exact) mass is 445 g/mol. The Balaban J connectivity index is 1.90. The van der Waals surface area contributed by atoms with Crippen molar-refractivity contribution in [2.75, 3.05) is 13.1 Å². The predicted octanol–water partition coefficient (Wildman–Crippen LogP) is 1.43. The Kier molecular flexibility index (Phi) is 6.85. The van der Waals surface area contributed by atoms with Gasteiger partial charge in [0, 0.05) is 23.2 Å². The summed E-state index contributed by atoms with van der Waals surface area (Å²) < 4.78 is 6.02. The zero-order valence-corrected chi connectivity index (χ0v) is 17.7. The van der Waals surface area contributed by atoms with Gasteiger partial charge >= 0.3 is 17.8 Å². The first kappa shape index (κ1) is 22.2. The topological polar surface area (TPSA) is 150 Å². The first-order chi connectivity index (χ1) is 14.8. The van der Waals surface area contributed by atoms with Crippen molar-refractivity contribution in [1.29, 1.82) is 5.41 Å². The summed E-state index contributed by atoms with van der Waals surface area (Å²) in [6.45, 7) is 2.21. The second kappa shape index (κ2) is 9.56. The van der Waals surface area contributed by atoms with Gasteiger partial charge in [-0.1, -0.05) is 6.92 Å². The van der Waals surface area contributed by atoms with Gasteiger partial charge < -0.3 is 20.5 Å². The Morgan fingerprint density at radius 3 is 2.61 bits per heavy atom. The van der Waals surface area contributed by atoms with E-state index in [1.165, 1.54) is 27.3 Å². The van der Waals surface area contributed by atoms with E-state index in [1.807, 2.05) is 6.92 Å². The van der Waals surface area contributed by atoms with E-state index in [9.17, 15) is 19.5 Å². The fraction of sp³-hybridized carbons (Fsp3) is 0.350. The van der Waals surface area contributed by atoms with Gasteiger partial charge in [0.25, 0.3) is 0 Å². The molecule has 1 saturated heterocycles. The number of nitrogens with zero attached hydrogens (tertiary/aromatic N) is 3. The standard InChI is InChI=1S/C20H23N5O5S/c1-2-7-24-16(30-13-5-3-12(4-6-13)18(21)22)10-25(20(29)19(24)28)14(8-17(26)27)15-9-23-11-31-15/h3-6,9,11,14,16H,2,7-8,10H2,1H3,(H3,21,22)(H,26,27). The number of carbonyl (C=O) groups excluding carboxylic acids is 2. The summed E-state index contributed by atoms with van der Waals surface area (Å²) in [6.07, 6.45) is 0.979. The van der Waals surface area contributed by atoms with Gasteiger partial charge in [0.15, 0.2) is 6.23 Å². The second-order valence-corrected chi connectivity index (χ2v) is 7.90. The fourth-order valence-electron chi connectivity index (χ4n) is 3.37. The zero-order chi connectivity index (χ0) is 22.5. The Labute approximate surface area is 182 Å². The van der Waals surface area contributed by atoms with Gasteiger partial charge in [0.2, 0.25) is 0 Å². The van der Waals surface area contributed by atoms with E-state index >= 15 is 0 Å². The van der Waals surface area contributed by atoms with Crippen LogP contribution in [0.5, 0.6) is 5.75 Å². The Hall–Kier alpha value is -3.47. The van der Waals surface area contributed by atoms with Gasteiger partial charge in [-0.2, -0.15) is 0 Å². The molecule has 4 N–H and O–H groups in total. The molecule has 0 bridgehead atoms. The largest absolute Gasteiger partial charge is 0.481 e. The van der Waals surface area contributed by atoms with Crippen LogP contribution in [0.1, 0.15) is 36.2 Å². The maximum atomic E-state index is 12.9. The summed E-state index contributed by atoms with van der Waals surface area (Å²) in [4.78, 5) is 44.4. The van der Waals surface area contributed by atoms with Crippen molar-refractivity contribution < 1.29 is 24.2 Å². The van der Waals surface area contributed by atoms with Crippen LogP contribution in [0.4, 0.5) is 0 Å². The molecule has 164 valence electrons. The molecule has 0 aliphatic carbocycles. The summed E-state index contributed by atoms with van der Waals surface area (Å²) in [7, 11) is 0. The lowest BCUT2D eigenvalue weighted by molar-refractivity contribution is -0.169. The van der Waals surface area contributed by atoms with E-state index in [1.54, 1.807) is 29.8 Å². The second-order valence-electron chi connectivity index (χ2n) is 6.98. The van der Waals surface area contributed by atoms with Gasteiger partial charge in [-0.05, 0) is 30.7 Å². The summed E-state index contributed by atoms with van der Waals surface area (Å²) in [5.41, 5.74) is 7.55. The SMILES string of the molecule is CCCN1C(=O)C(=O)N(C(CC(=O)O)c2cncs2)CC1Oc1ccc(C(=N)N)cc1. The van der Waals surface area contributed by atoms with Gasteiger partial charge in [0.1, 0.15) is 11.6 Å². The molecule has 1 aromatic carbocycles. The van der Waals surface area contributed by atoms with Gasteiger partial charge in [0.05, 0.1) is 24.5 Å². The molecule has 2 unspecified atom stereocenters. The van der Waals surface area contributed by atoms with Crippen LogP contribution >= 0.6 is 11.3 Å². The number of aliphatic carboxylic acids is 1. The lowest BCUT2D eigenvalue weighted by Gasteiger charge is -2.42. The van der Waals surface area contributed by atoms with Gasteiger partial charge in [-0.3, -0.25) is 29.7 Å². The number of aromatic nitrogens is 1. The maximum Gasteiger partial charge on any atom is 0.315 e. The van der Waals surface area contributed by atoms with E-state index in [4.69, 9.17) is 15.9 Å². The van der Waals surface area contributed by atoms with Gasteiger partial charge in [-0.25, -0.2) is 0 Å². The average molecular weight is 446 g/mol. The van der Waals surface area contributed by atoms with Crippen molar-refractivity contribution in [1.82, 2.24) is 14.8 Å². The fourth-order valence-corrected chi connectivity index (χ4v) is 4.11. The molecule has 3 rings (SSSR count). The van der Waals surface area contributed by atoms with Crippen LogP contribution in [0, 0.1) is 5.41 Å². The quantitative estimate of drug-likeness (QED) is 0.300. The van der Waals surface area contributed by atoms with Crippen molar-refractivity contribution >= 4 is 35.0 Å². The number of carboxylic acids is 1. The van der Waals surface area contributed by atoms with Crippen molar-refractivity contribution in [3.63, 3.8) is 0 Å². The molecule has 1 aliphatic heterocycles. The van der Waals surface area contributed by atoms with Crippen molar-refractivity contribution in [2.45, 2.75) is 32.0 Å². The van der Waals surface area contributed by atoms with Crippen LogP contribution < -0.4 is 10.5 Å². The summed E-state index contributed by atoms with van der Waals surface area (Å²) >= 11 is 1.22. The molecule has 0 radical (unpaired) electrons. The summed E-state index contributed by atoms with van der Waals surface area (Å²) in [5, 5.41) is 16.8. The minimum absolute atomic E-state index is 0.00881. The first-order valence-corrected chi connectivity index (χ1v) is 10.5. The number of amides is 2. The zero-order valence-electron chi connectivity index (χ0n) is 16.9. The average Bonchev–Trinajstić information content (AvgIpc) is 3.26. The minimum Gasteiger partial charge on any atom is -0.481 e. The highest BCUT2D eigenvalue weighted by molar-refractivity contribution is 7.09. The van der Waals surface area contributed by atoms with Gasteiger partial charge in [-0.15, -0.1) is 11.3 Å². The molecule has 2 atom stereocenters. The highest BCUT2D eigenvalue weighted by Gasteiger charge is 2.43. The Morgan fingerprint density at radius 1 is 1.35 bits per heavy atom. The number of carboxylic acid groups (broad SMARTS) is 1. The number of nitrogen functional groups attached to an aromatic ring is 1. The molecular formula is C20H23N5O5S. The molecule has 10 nitrogen and oxygen atoms in total. The number of piperazine rings is 1. The van der Waals surface area contributed by atoms with E-state index in [0.29, 0.717) is 29.2 Å². The van der Waals surface area contributed by atoms with Crippen LogP contribution in [0.25, 0.3) is 0 Å². The molecule has 1 fully saturated rings. The highest BCUT2D eigenvalue weighted by atomic mass is 32.1. The predicted molar refractivity (Wildman–Crippen MR) is 113 cm³/mol. The number of ether oxygens (including phenoxy) is 1. The van der Waals surface area contributed by atoms with Crippen molar-refractivity contribution in [3.05, 3.63) is 46.4 Å². The summed E-state index contributed by atoms with van der Waals surface area (Å²) in [6, 6.07) is 5.69. The van der Waals surface area contributed by atoms with Crippen LogP contribution in [0.15, 0.2) is 36.0 Å². The summed E-state index contributed by atoms with van der Waals surface area (Å²) in [5.74, 6) is -2.24. The lowest BCUT2D eigenvalue weighted by atomic mass is 10.1. The maximum absolute atomic E-state index is 12.9. The molecule has 2 aromatic rings.